The molecule has 100 valence electrons. The van der Waals surface area contributed by atoms with Gasteiger partial charge in [-0.25, -0.2) is 4.98 Å². The number of aromatic nitrogens is 2. The predicted molar refractivity (Wildman–Crippen MR) is 81.5 cm³/mol. The summed E-state index contributed by atoms with van der Waals surface area (Å²) in [5.41, 5.74) is 4.00. The SMILES string of the molecule is CCCc1nc(-c2ccc(C)cc2C)[nH]c(=O)c1Br. The van der Waals surface area contributed by atoms with Gasteiger partial charge in [0, 0.05) is 5.56 Å². The highest BCUT2D eigenvalue weighted by Gasteiger charge is 2.11. The van der Waals surface area contributed by atoms with E-state index in [4.69, 9.17) is 0 Å². The van der Waals surface area contributed by atoms with Crippen molar-refractivity contribution in [3.63, 3.8) is 0 Å². The summed E-state index contributed by atoms with van der Waals surface area (Å²) in [6, 6.07) is 6.13. The van der Waals surface area contributed by atoms with E-state index in [1.165, 1.54) is 5.56 Å². The number of benzene rings is 1. The molecule has 0 bridgehead atoms. The molecule has 1 aromatic heterocycles. The third-order valence-corrected chi connectivity index (χ3v) is 3.87. The summed E-state index contributed by atoms with van der Waals surface area (Å²) in [6.45, 7) is 6.16. The Labute approximate surface area is 121 Å². The zero-order valence-electron chi connectivity index (χ0n) is 11.4. The Bertz CT molecular complexity index is 662. The third-order valence-electron chi connectivity index (χ3n) is 3.06. The topological polar surface area (TPSA) is 45.8 Å². The molecule has 0 aliphatic carbocycles. The monoisotopic (exact) mass is 320 g/mol. The number of nitrogens with zero attached hydrogens (tertiary/aromatic N) is 1. The number of aryl methyl sites for hydroxylation is 3. The molecule has 0 saturated heterocycles. The fourth-order valence-electron chi connectivity index (χ4n) is 2.11. The van der Waals surface area contributed by atoms with E-state index in [9.17, 15) is 4.79 Å². The van der Waals surface area contributed by atoms with Crippen molar-refractivity contribution in [3.8, 4) is 11.4 Å². The summed E-state index contributed by atoms with van der Waals surface area (Å²) < 4.78 is 0.544. The summed E-state index contributed by atoms with van der Waals surface area (Å²) in [4.78, 5) is 19.4. The van der Waals surface area contributed by atoms with Gasteiger partial charge in [0.1, 0.15) is 10.3 Å². The Kier molecular flexibility index (Phi) is 4.20. The molecule has 0 amide bonds. The van der Waals surface area contributed by atoms with Gasteiger partial charge >= 0.3 is 0 Å². The summed E-state index contributed by atoms with van der Waals surface area (Å²) in [5, 5.41) is 0. The standard InChI is InChI=1S/C15H17BrN2O/c1-4-5-12-13(16)15(19)18-14(17-12)11-7-6-9(2)8-10(11)3/h6-8H,4-5H2,1-3H3,(H,17,18,19). The van der Waals surface area contributed by atoms with E-state index in [2.05, 4.69) is 45.8 Å². The molecule has 0 spiro atoms. The first-order valence-corrected chi connectivity index (χ1v) is 7.18. The van der Waals surface area contributed by atoms with Gasteiger partial charge in [-0.3, -0.25) is 4.79 Å². The molecule has 0 radical (unpaired) electrons. The number of aromatic amines is 1. The van der Waals surface area contributed by atoms with Crippen molar-refractivity contribution in [3.05, 3.63) is 49.8 Å². The van der Waals surface area contributed by atoms with Gasteiger partial charge in [0.05, 0.1) is 5.69 Å². The van der Waals surface area contributed by atoms with Crippen LogP contribution in [0.2, 0.25) is 0 Å². The maximum absolute atomic E-state index is 11.9. The van der Waals surface area contributed by atoms with Crippen molar-refractivity contribution in [1.29, 1.82) is 0 Å². The van der Waals surface area contributed by atoms with Crippen LogP contribution in [0.5, 0.6) is 0 Å². The fraction of sp³-hybridized carbons (Fsp3) is 0.333. The molecule has 0 atom stereocenters. The molecule has 0 unspecified atom stereocenters. The van der Waals surface area contributed by atoms with Crippen LogP contribution in [0.3, 0.4) is 0 Å². The number of rotatable bonds is 3. The Morgan fingerprint density at radius 2 is 2.05 bits per heavy atom. The van der Waals surface area contributed by atoms with E-state index in [1.54, 1.807) is 0 Å². The minimum Gasteiger partial charge on any atom is -0.306 e. The fourth-order valence-corrected chi connectivity index (χ4v) is 2.50. The normalized spacial score (nSPS) is 10.7. The van der Waals surface area contributed by atoms with Crippen LogP contribution in [0.4, 0.5) is 0 Å². The highest BCUT2D eigenvalue weighted by molar-refractivity contribution is 9.10. The summed E-state index contributed by atoms with van der Waals surface area (Å²) in [6.07, 6.45) is 1.75. The lowest BCUT2D eigenvalue weighted by Crippen LogP contribution is -2.14. The predicted octanol–water partition coefficient (Wildman–Crippen LogP) is 3.77. The molecule has 1 N–H and O–H groups in total. The van der Waals surface area contributed by atoms with Gasteiger partial charge in [-0.2, -0.15) is 0 Å². The quantitative estimate of drug-likeness (QED) is 0.935. The minimum absolute atomic E-state index is 0.117. The van der Waals surface area contributed by atoms with E-state index >= 15 is 0 Å². The van der Waals surface area contributed by atoms with E-state index in [1.807, 2.05) is 19.1 Å². The molecule has 0 aliphatic rings. The van der Waals surface area contributed by atoms with Crippen LogP contribution in [0.25, 0.3) is 11.4 Å². The van der Waals surface area contributed by atoms with E-state index < -0.39 is 0 Å². The molecule has 19 heavy (non-hydrogen) atoms. The number of hydrogen-bond donors (Lipinski definition) is 1. The summed E-state index contributed by atoms with van der Waals surface area (Å²) in [7, 11) is 0. The average Bonchev–Trinajstić information content (AvgIpc) is 2.35. The maximum Gasteiger partial charge on any atom is 0.265 e. The van der Waals surface area contributed by atoms with Crippen molar-refractivity contribution in [1.82, 2.24) is 9.97 Å². The molecule has 1 heterocycles. The zero-order valence-corrected chi connectivity index (χ0v) is 13.0. The second-order valence-corrected chi connectivity index (χ2v) is 5.54. The molecule has 1 aromatic carbocycles. The molecular formula is C15H17BrN2O. The summed E-state index contributed by atoms with van der Waals surface area (Å²) in [5.74, 6) is 0.647. The van der Waals surface area contributed by atoms with Crippen LogP contribution in [-0.2, 0) is 6.42 Å². The van der Waals surface area contributed by atoms with Gasteiger partial charge in [-0.1, -0.05) is 37.1 Å². The largest absolute Gasteiger partial charge is 0.306 e. The van der Waals surface area contributed by atoms with Crippen LogP contribution >= 0.6 is 15.9 Å². The number of nitrogens with one attached hydrogen (secondary N) is 1. The van der Waals surface area contributed by atoms with Crippen molar-refractivity contribution < 1.29 is 0 Å². The van der Waals surface area contributed by atoms with Crippen molar-refractivity contribution in [2.24, 2.45) is 0 Å². The Balaban J connectivity index is 2.59. The van der Waals surface area contributed by atoms with Gasteiger partial charge in [-0.05, 0) is 41.8 Å². The van der Waals surface area contributed by atoms with Gasteiger partial charge in [0.15, 0.2) is 0 Å². The number of H-pyrrole nitrogens is 1. The molecule has 2 rings (SSSR count). The van der Waals surface area contributed by atoms with Crippen LogP contribution in [0.15, 0.2) is 27.5 Å². The molecule has 4 heteroatoms. The first-order valence-electron chi connectivity index (χ1n) is 6.39. The average molecular weight is 321 g/mol. The molecule has 2 aromatic rings. The Morgan fingerprint density at radius 3 is 2.68 bits per heavy atom. The van der Waals surface area contributed by atoms with Gasteiger partial charge in [0.2, 0.25) is 0 Å². The van der Waals surface area contributed by atoms with Crippen LogP contribution in [0.1, 0.15) is 30.2 Å². The molecule has 3 nitrogen and oxygen atoms in total. The lowest BCUT2D eigenvalue weighted by molar-refractivity contribution is 0.861. The highest BCUT2D eigenvalue weighted by Crippen LogP contribution is 2.22. The molecule has 0 fully saturated rings. The lowest BCUT2D eigenvalue weighted by atomic mass is 10.1. The molecular weight excluding hydrogens is 304 g/mol. The number of halogens is 1. The molecule has 0 saturated carbocycles. The second kappa shape index (κ2) is 5.70. The van der Waals surface area contributed by atoms with Crippen LogP contribution in [0, 0.1) is 13.8 Å². The second-order valence-electron chi connectivity index (χ2n) is 4.74. The van der Waals surface area contributed by atoms with Gasteiger partial charge in [0.25, 0.3) is 5.56 Å². The number of hydrogen-bond acceptors (Lipinski definition) is 2. The van der Waals surface area contributed by atoms with E-state index in [0.717, 1.165) is 29.7 Å². The van der Waals surface area contributed by atoms with Crippen LogP contribution < -0.4 is 5.56 Å². The Morgan fingerprint density at radius 1 is 1.32 bits per heavy atom. The van der Waals surface area contributed by atoms with Crippen molar-refractivity contribution in [2.75, 3.05) is 0 Å². The molecule has 0 aliphatic heterocycles. The van der Waals surface area contributed by atoms with Crippen molar-refractivity contribution >= 4 is 15.9 Å². The third kappa shape index (κ3) is 2.95. The smallest absolute Gasteiger partial charge is 0.265 e. The minimum atomic E-state index is -0.117. The summed E-state index contributed by atoms with van der Waals surface area (Å²) >= 11 is 3.31. The first-order chi connectivity index (χ1) is 9.02. The lowest BCUT2D eigenvalue weighted by Gasteiger charge is -2.09. The van der Waals surface area contributed by atoms with Gasteiger partial charge in [-0.15, -0.1) is 0 Å². The Hall–Kier alpha value is -1.42. The first kappa shape index (κ1) is 14.0. The van der Waals surface area contributed by atoms with Gasteiger partial charge < -0.3 is 4.98 Å². The highest BCUT2D eigenvalue weighted by atomic mass is 79.9. The van der Waals surface area contributed by atoms with Crippen molar-refractivity contribution in [2.45, 2.75) is 33.6 Å². The van der Waals surface area contributed by atoms with E-state index in [0.29, 0.717) is 10.3 Å². The maximum atomic E-state index is 11.9. The van der Waals surface area contributed by atoms with Crippen LogP contribution in [-0.4, -0.2) is 9.97 Å². The van der Waals surface area contributed by atoms with E-state index in [-0.39, 0.29) is 5.56 Å². The zero-order chi connectivity index (χ0) is 14.0.